The van der Waals surface area contributed by atoms with Crippen molar-refractivity contribution in [2.45, 2.75) is 52.6 Å². The number of aliphatic carboxylic acids is 1. The molecule has 0 bridgehead atoms. The Morgan fingerprint density at radius 1 is 1.10 bits per heavy atom. The highest BCUT2D eigenvalue weighted by molar-refractivity contribution is 5.80. The molecule has 0 aromatic carbocycles. The number of nitrogens with zero attached hydrogens (tertiary/aromatic N) is 3. The maximum atomic E-state index is 12.6. The maximum absolute atomic E-state index is 12.6. The summed E-state index contributed by atoms with van der Waals surface area (Å²) in [5, 5.41) is 9.00. The van der Waals surface area contributed by atoms with Gasteiger partial charge in [0.2, 0.25) is 0 Å². The van der Waals surface area contributed by atoms with Crippen molar-refractivity contribution in [3.05, 3.63) is 0 Å². The van der Waals surface area contributed by atoms with Crippen molar-refractivity contribution in [2.75, 3.05) is 32.7 Å². The first-order chi connectivity index (χ1) is 9.90. The van der Waals surface area contributed by atoms with Gasteiger partial charge in [-0.3, -0.25) is 9.69 Å². The SMILES string of the molecule is CCC(C)N1CCN(C(=O)N(CC(=O)O)C(C)CC)CC1. The number of carboxylic acids is 1. The van der Waals surface area contributed by atoms with E-state index in [0.717, 1.165) is 25.9 Å². The van der Waals surface area contributed by atoms with Gasteiger partial charge in [0.15, 0.2) is 0 Å². The van der Waals surface area contributed by atoms with Crippen LogP contribution in [0, 0.1) is 0 Å². The Hall–Kier alpha value is -1.30. The van der Waals surface area contributed by atoms with Gasteiger partial charge in [-0.05, 0) is 26.7 Å². The lowest BCUT2D eigenvalue weighted by Crippen LogP contribution is -2.56. The van der Waals surface area contributed by atoms with E-state index in [1.807, 2.05) is 13.8 Å². The Labute approximate surface area is 127 Å². The molecule has 0 radical (unpaired) electrons. The number of amides is 2. The van der Waals surface area contributed by atoms with Gasteiger partial charge in [-0.2, -0.15) is 0 Å². The zero-order valence-electron chi connectivity index (χ0n) is 13.7. The third-order valence-corrected chi connectivity index (χ3v) is 4.47. The molecule has 1 aliphatic heterocycles. The topological polar surface area (TPSA) is 64.1 Å². The van der Waals surface area contributed by atoms with Crippen LogP contribution in [-0.2, 0) is 4.79 Å². The quantitative estimate of drug-likeness (QED) is 0.811. The molecule has 1 saturated heterocycles. The largest absolute Gasteiger partial charge is 0.480 e. The van der Waals surface area contributed by atoms with E-state index < -0.39 is 5.97 Å². The van der Waals surface area contributed by atoms with Crippen molar-refractivity contribution in [3.8, 4) is 0 Å². The summed E-state index contributed by atoms with van der Waals surface area (Å²) in [6.45, 7) is 11.1. The molecule has 1 heterocycles. The van der Waals surface area contributed by atoms with E-state index in [4.69, 9.17) is 5.11 Å². The van der Waals surface area contributed by atoms with Gasteiger partial charge in [-0.25, -0.2) is 4.79 Å². The molecule has 1 rings (SSSR count). The van der Waals surface area contributed by atoms with Gasteiger partial charge in [0.1, 0.15) is 6.54 Å². The molecular weight excluding hydrogens is 270 g/mol. The number of carbonyl (C=O) groups is 2. The van der Waals surface area contributed by atoms with Crippen molar-refractivity contribution in [3.63, 3.8) is 0 Å². The van der Waals surface area contributed by atoms with Crippen LogP contribution >= 0.6 is 0 Å². The van der Waals surface area contributed by atoms with Crippen molar-refractivity contribution in [1.82, 2.24) is 14.7 Å². The van der Waals surface area contributed by atoms with E-state index >= 15 is 0 Å². The molecule has 21 heavy (non-hydrogen) atoms. The summed E-state index contributed by atoms with van der Waals surface area (Å²) in [4.78, 5) is 29.2. The number of piperazine rings is 1. The average molecular weight is 299 g/mol. The molecule has 122 valence electrons. The smallest absolute Gasteiger partial charge is 0.323 e. The standard InChI is InChI=1S/C15H29N3O3/c1-5-12(3)16-7-9-17(10-8-16)15(21)18(11-14(19)20)13(4)6-2/h12-13H,5-11H2,1-4H3,(H,19,20). The fraction of sp³-hybridized carbons (Fsp3) is 0.867. The van der Waals surface area contributed by atoms with Crippen LogP contribution in [0.1, 0.15) is 40.5 Å². The van der Waals surface area contributed by atoms with Crippen LogP contribution in [0.3, 0.4) is 0 Å². The van der Waals surface area contributed by atoms with Crippen molar-refractivity contribution < 1.29 is 14.7 Å². The number of hydrogen-bond acceptors (Lipinski definition) is 3. The van der Waals surface area contributed by atoms with E-state index in [1.165, 1.54) is 4.90 Å². The predicted molar refractivity (Wildman–Crippen MR) is 82.4 cm³/mol. The third kappa shape index (κ3) is 4.88. The highest BCUT2D eigenvalue weighted by Gasteiger charge is 2.29. The fourth-order valence-corrected chi connectivity index (χ4v) is 2.57. The van der Waals surface area contributed by atoms with Gasteiger partial charge in [0, 0.05) is 38.3 Å². The molecule has 6 heteroatoms. The minimum atomic E-state index is -0.957. The summed E-state index contributed by atoms with van der Waals surface area (Å²) in [5.74, 6) is -0.957. The van der Waals surface area contributed by atoms with Gasteiger partial charge in [0.25, 0.3) is 0 Å². The van der Waals surface area contributed by atoms with Crippen molar-refractivity contribution in [1.29, 1.82) is 0 Å². The Balaban J connectivity index is 2.63. The van der Waals surface area contributed by atoms with E-state index in [0.29, 0.717) is 19.1 Å². The monoisotopic (exact) mass is 299 g/mol. The second-order valence-electron chi connectivity index (χ2n) is 5.84. The van der Waals surface area contributed by atoms with E-state index in [2.05, 4.69) is 18.7 Å². The Morgan fingerprint density at radius 2 is 1.67 bits per heavy atom. The van der Waals surface area contributed by atoms with Crippen molar-refractivity contribution in [2.24, 2.45) is 0 Å². The lowest BCUT2D eigenvalue weighted by Gasteiger charge is -2.40. The minimum absolute atomic E-state index is 0.0544. The molecule has 6 nitrogen and oxygen atoms in total. The average Bonchev–Trinajstić information content (AvgIpc) is 2.50. The van der Waals surface area contributed by atoms with Crippen LogP contribution in [0.25, 0.3) is 0 Å². The number of rotatable bonds is 6. The van der Waals surface area contributed by atoms with Crippen LogP contribution in [0.4, 0.5) is 4.79 Å². The molecule has 0 saturated carbocycles. The van der Waals surface area contributed by atoms with Crippen LogP contribution in [0.2, 0.25) is 0 Å². The second-order valence-corrected chi connectivity index (χ2v) is 5.84. The molecule has 0 spiro atoms. The Morgan fingerprint density at radius 3 is 2.10 bits per heavy atom. The number of carboxylic acid groups (broad SMARTS) is 1. The van der Waals surface area contributed by atoms with Gasteiger partial charge < -0.3 is 14.9 Å². The molecule has 0 aromatic heterocycles. The van der Waals surface area contributed by atoms with Crippen LogP contribution in [0.15, 0.2) is 0 Å². The van der Waals surface area contributed by atoms with Gasteiger partial charge in [0.05, 0.1) is 0 Å². The zero-order valence-corrected chi connectivity index (χ0v) is 13.7. The molecule has 1 fully saturated rings. The molecule has 0 aliphatic carbocycles. The normalized spacial score (nSPS) is 19.1. The number of urea groups is 1. The van der Waals surface area contributed by atoms with Crippen molar-refractivity contribution >= 4 is 12.0 Å². The first-order valence-electron chi connectivity index (χ1n) is 7.92. The second kappa shape index (κ2) is 8.22. The lowest BCUT2D eigenvalue weighted by atomic mass is 10.2. The third-order valence-electron chi connectivity index (χ3n) is 4.47. The summed E-state index contributed by atoms with van der Waals surface area (Å²) >= 11 is 0. The molecule has 2 amide bonds. The number of hydrogen-bond donors (Lipinski definition) is 1. The molecule has 0 aromatic rings. The maximum Gasteiger partial charge on any atom is 0.323 e. The minimum Gasteiger partial charge on any atom is -0.480 e. The van der Waals surface area contributed by atoms with E-state index in [-0.39, 0.29) is 18.6 Å². The summed E-state index contributed by atoms with van der Waals surface area (Å²) in [5.41, 5.74) is 0. The summed E-state index contributed by atoms with van der Waals surface area (Å²) in [6, 6.07) is 0.337. The van der Waals surface area contributed by atoms with Crippen LogP contribution in [-0.4, -0.2) is 76.6 Å². The first-order valence-corrected chi connectivity index (χ1v) is 7.92. The van der Waals surface area contributed by atoms with Gasteiger partial charge in [-0.1, -0.05) is 13.8 Å². The molecule has 1 N–H and O–H groups in total. The predicted octanol–water partition coefficient (Wildman–Crippen LogP) is 1.71. The highest BCUT2D eigenvalue weighted by Crippen LogP contribution is 2.13. The van der Waals surface area contributed by atoms with E-state index in [9.17, 15) is 9.59 Å². The molecule has 2 unspecified atom stereocenters. The summed E-state index contributed by atoms with van der Waals surface area (Å²) in [7, 11) is 0. The summed E-state index contributed by atoms with van der Waals surface area (Å²) < 4.78 is 0. The molecule has 1 aliphatic rings. The molecule has 2 atom stereocenters. The first kappa shape index (κ1) is 17.8. The zero-order chi connectivity index (χ0) is 16.0. The Bertz CT molecular complexity index is 354. The van der Waals surface area contributed by atoms with Gasteiger partial charge >= 0.3 is 12.0 Å². The summed E-state index contributed by atoms with van der Waals surface area (Å²) in [6.07, 6.45) is 1.86. The van der Waals surface area contributed by atoms with Crippen LogP contribution in [0.5, 0.6) is 0 Å². The lowest BCUT2D eigenvalue weighted by molar-refractivity contribution is -0.138. The van der Waals surface area contributed by atoms with Gasteiger partial charge in [-0.15, -0.1) is 0 Å². The molecular formula is C15H29N3O3. The Kier molecular flexibility index (Phi) is 6.95. The fourth-order valence-electron chi connectivity index (χ4n) is 2.57. The van der Waals surface area contributed by atoms with Crippen LogP contribution < -0.4 is 0 Å². The van der Waals surface area contributed by atoms with E-state index in [1.54, 1.807) is 4.90 Å². The highest BCUT2D eigenvalue weighted by atomic mass is 16.4. The number of carbonyl (C=O) groups excluding carboxylic acids is 1.